The number of imide groups is 1. The number of hydrogen-bond acceptors (Lipinski definition) is 5. The highest BCUT2D eigenvalue weighted by atomic mass is 16.5. The smallest absolute Gasteiger partial charge is 0.325 e. The van der Waals surface area contributed by atoms with Gasteiger partial charge in [-0.2, -0.15) is 0 Å². The molecule has 9 heteroatoms. The van der Waals surface area contributed by atoms with Crippen LogP contribution in [0.5, 0.6) is 5.75 Å². The summed E-state index contributed by atoms with van der Waals surface area (Å²) >= 11 is 0. The second-order valence-electron chi connectivity index (χ2n) is 8.13. The van der Waals surface area contributed by atoms with E-state index in [0.29, 0.717) is 18.7 Å². The van der Waals surface area contributed by atoms with Crippen LogP contribution in [0.4, 0.5) is 10.5 Å². The van der Waals surface area contributed by atoms with Crippen LogP contribution in [-0.2, 0) is 19.8 Å². The van der Waals surface area contributed by atoms with E-state index in [4.69, 9.17) is 4.74 Å². The van der Waals surface area contributed by atoms with Crippen molar-refractivity contribution in [3.63, 3.8) is 0 Å². The molecule has 2 N–H and O–H groups in total. The highest BCUT2D eigenvalue weighted by Crippen LogP contribution is 2.54. The molecule has 9 nitrogen and oxygen atoms in total. The molecule has 164 valence electrons. The summed E-state index contributed by atoms with van der Waals surface area (Å²) in [5.41, 5.74) is 1.34. The lowest BCUT2D eigenvalue weighted by molar-refractivity contribution is -0.138. The van der Waals surface area contributed by atoms with Crippen LogP contribution in [0.1, 0.15) is 23.6 Å². The first-order chi connectivity index (χ1) is 15.5. The van der Waals surface area contributed by atoms with E-state index < -0.39 is 29.3 Å². The molecule has 0 aromatic heterocycles. The zero-order valence-electron chi connectivity index (χ0n) is 17.5. The monoisotopic (exact) mass is 434 g/mol. The molecule has 5 amide bonds. The number of para-hydroxylation sites is 1. The fraction of sp³-hybridized carbons (Fsp3) is 0.304. The first kappa shape index (κ1) is 20.0. The van der Waals surface area contributed by atoms with Crippen molar-refractivity contribution in [2.24, 2.45) is 0 Å². The Bertz CT molecular complexity index is 1130. The summed E-state index contributed by atoms with van der Waals surface area (Å²) in [7, 11) is 1.56. The van der Waals surface area contributed by atoms with Crippen LogP contribution < -0.4 is 15.4 Å². The van der Waals surface area contributed by atoms with Gasteiger partial charge in [-0.15, -0.1) is 0 Å². The fourth-order valence-corrected chi connectivity index (χ4v) is 5.07. The molecule has 2 aromatic carbocycles. The predicted molar refractivity (Wildman–Crippen MR) is 114 cm³/mol. The Morgan fingerprint density at radius 3 is 2.72 bits per heavy atom. The third-order valence-corrected chi connectivity index (χ3v) is 6.55. The van der Waals surface area contributed by atoms with Crippen molar-refractivity contribution in [1.29, 1.82) is 0 Å². The molecular weight excluding hydrogens is 412 g/mol. The number of hydrogen-bond donors (Lipinski definition) is 2. The summed E-state index contributed by atoms with van der Waals surface area (Å²) in [6.07, 6.45) is 0.420. The number of nitrogens with one attached hydrogen (secondary N) is 2. The second-order valence-corrected chi connectivity index (χ2v) is 8.13. The molecule has 1 spiro atoms. The second kappa shape index (κ2) is 7.37. The number of benzene rings is 2. The molecule has 0 bridgehead atoms. The van der Waals surface area contributed by atoms with Crippen molar-refractivity contribution < 1.29 is 23.9 Å². The molecule has 32 heavy (non-hydrogen) atoms. The van der Waals surface area contributed by atoms with Crippen LogP contribution in [0.15, 0.2) is 48.5 Å². The van der Waals surface area contributed by atoms with Gasteiger partial charge in [-0.1, -0.05) is 30.3 Å². The Labute approximate surface area is 184 Å². The van der Waals surface area contributed by atoms with Crippen molar-refractivity contribution in [2.75, 3.05) is 32.1 Å². The van der Waals surface area contributed by atoms with E-state index in [1.165, 1.54) is 0 Å². The summed E-state index contributed by atoms with van der Waals surface area (Å²) in [4.78, 5) is 53.3. The molecule has 3 aliphatic rings. The minimum absolute atomic E-state index is 0.120. The van der Waals surface area contributed by atoms with Crippen LogP contribution in [0, 0.1) is 0 Å². The van der Waals surface area contributed by atoms with Gasteiger partial charge < -0.3 is 20.3 Å². The van der Waals surface area contributed by atoms with Gasteiger partial charge in [-0.3, -0.25) is 19.3 Å². The summed E-state index contributed by atoms with van der Waals surface area (Å²) in [6.45, 7) is -0.179. The number of methoxy groups -OCH3 is 1. The van der Waals surface area contributed by atoms with E-state index in [2.05, 4.69) is 10.6 Å². The number of likely N-dealkylation sites (tertiary alicyclic amines) is 1. The van der Waals surface area contributed by atoms with E-state index in [9.17, 15) is 19.2 Å². The summed E-state index contributed by atoms with van der Waals surface area (Å²) in [5, 5.41) is 5.40. The minimum Gasteiger partial charge on any atom is -0.497 e. The van der Waals surface area contributed by atoms with Gasteiger partial charge in [-0.05, 0) is 35.7 Å². The minimum atomic E-state index is -0.976. The zero-order chi connectivity index (χ0) is 22.5. The largest absolute Gasteiger partial charge is 0.497 e. The molecule has 0 saturated carbocycles. The van der Waals surface area contributed by atoms with Gasteiger partial charge in [0.2, 0.25) is 11.8 Å². The third kappa shape index (κ3) is 2.84. The summed E-state index contributed by atoms with van der Waals surface area (Å²) in [6, 6.07) is 13.6. The number of amides is 5. The van der Waals surface area contributed by atoms with E-state index in [1.807, 2.05) is 42.5 Å². The molecule has 2 atom stereocenters. The van der Waals surface area contributed by atoms with E-state index in [1.54, 1.807) is 18.1 Å². The molecule has 5 rings (SSSR count). The van der Waals surface area contributed by atoms with Gasteiger partial charge in [0.1, 0.15) is 17.7 Å². The number of nitrogens with zero attached hydrogens (tertiary/aromatic N) is 2. The van der Waals surface area contributed by atoms with Gasteiger partial charge in [0.25, 0.3) is 5.91 Å². The Kier molecular flexibility index (Phi) is 4.61. The van der Waals surface area contributed by atoms with Gasteiger partial charge >= 0.3 is 6.03 Å². The number of anilines is 1. The van der Waals surface area contributed by atoms with Gasteiger partial charge in [-0.25, -0.2) is 4.79 Å². The fourth-order valence-electron chi connectivity index (χ4n) is 5.07. The Balaban J connectivity index is 1.59. The first-order valence-electron chi connectivity index (χ1n) is 10.4. The number of ether oxygens (including phenoxy) is 1. The molecular formula is C23H22N4O5. The highest BCUT2D eigenvalue weighted by Gasteiger charge is 2.59. The molecule has 0 aliphatic carbocycles. The zero-order valence-corrected chi connectivity index (χ0v) is 17.5. The molecule has 3 heterocycles. The van der Waals surface area contributed by atoms with Crippen LogP contribution in [-0.4, -0.2) is 60.3 Å². The maximum absolute atomic E-state index is 13.4. The lowest BCUT2D eigenvalue weighted by atomic mass is 9.72. The molecule has 0 unspecified atom stereocenters. The van der Waals surface area contributed by atoms with Crippen LogP contribution in [0.2, 0.25) is 0 Å². The van der Waals surface area contributed by atoms with Crippen molar-refractivity contribution in [3.05, 3.63) is 59.7 Å². The van der Waals surface area contributed by atoms with Gasteiger partial charge in [0, 0.05) is 12.2 Å². The van der Waals surface area contributed by atoms with Gasteiger partial charge in [0.05, 0.1) is 19.7 Å². The van der Waals surface area contributed by atoms with Crippen molar-refractivity contribution in [3.8, 4) is 5.75 Å². The quantitative estimate of drug-likeness (QED) is 0.708. The Morgan fingerprint density at radius 1 is 1.16 bits per heavy atom. The average molecular weight is 434 g/mol. The highest BCUT2D eigenvalue weighted by molar-refractivity contribution is 6.08. The van der Waals surface area contributed by atoms with Crippen molar-refractivity contribution in [1.82, 2.24) is 15.1 Å². The van der Waals surface area contributed by atoms with Gasteiger partial charge in [0.15, 0.2) is 0 Å². The molecule has 3 aliphatic heterocycles. The normalized spacial score (nSPS) is 24.0. The van der Waals surface area contributed by atoms with Crippen molar-refractivity contribution in [2.45, 2.75) is 17.9 Å². The van der Waals surface area contributed by atoms with Crippen molar-refractivity contribution >= 4 is 29.4 Å². The van der Waals surface area contributed by atoms with Crippen LogP contribution in [0.3, 0.4) is 0 Å². The lowest BCUT2D eigenvalue weighted by Crippen LogP contribution is -2.46. The third-order valence-electron chi connectivity index (χ3n) is 6.55. The lowest BCUT2D eigenvalue weighted by Gasteiger charge is -2.35. The molecule has 0 radical (unpaired) electrons. The SMILES string of the molecule is COc1cccc([C@@H]2N(C(=O)CN3C(=O)CNC3=O)CC[C@]23C(=O)Nc2ccccc23)c1. The standard InChI is InChI=1S/C23H22N4O5/c1-32-15-6-4-5-14(11-15)20-23(16-7-2-3-8-17(16)25-21(23)30)9-10-26(20)19(29)13-27-18(28)12-24-22(27)31/h2-8,11,20H,9-10,12-13H2,1H3,(H,24,31)(H,25,30)/t20-,23+/m0/s1. The first-order valence-corrected chi connectivity index (χ1v) is 10.4. The number of carbonyl (C=O) groups is 4. The topological polar surface area (TPSA) is 108 Å². The number of rotatable bonds is 4. The predicted octanol–water partition coefficient (Wildman–Crippen LogP) is 1.41. The van der Waals surface area contributed by atoms with Crippen LogP contribution in [0.25, 0.3) is 0 Å². The molecule has 2 fully saturated rings. The van der Waals surface area contributed by atoms with E-state index >= 15 is 0 Å². The Morgan fingerprint density at radius 2 is 1.97 bits per heavy atom. The average Bonchev–Trinajstić information content (AvgIpc) is 3.44. The molecule has 2 saturated heterocycles. The number of carbonyl (C=O) groups excluding carboxylic acids is 4. The van der Waals surface area contributed by atoms with E-state index in [0.717, 1.165) is 21.7 Å². The number of fused-ring (bicyclic) bond motifs is 2. The summed E-state index contributed by atoms with van der Waals surface area (Å²) < 4.78 is 5.38. The Hall–Kier alpha value is -3.88. The molecule has 2 aromatic rings. The maximum Gasteiger partial charge on any atom is 0.325 e. The van der Waals surface area contributed by atoms with E-state index in [-0.39, 0.29) is 19.0 Å². The van der Waals surface area contributed by atoms with Crippen LogP contribution >= 0.6 is 0 Å². The maximum atomic E-state index is 13.4. The number of urea groups is 1. The summed E-state index contributed by atoms with van der Waals surface area (Å²) in [5.74, 6) is -0.397.